The summed E-state index contributed by atoms with van der Waals surface area (Å²) in [4.78, 5) is 19.6. The Balaban J connectivity index is 1.33. The molecule has 0 bridgehead atoms. The first-order chi connectivity index (χ1) is 16.4. The number of halogens is 3. The zero-order valence-corrected chi connectivity index (χ0v) is 19.2. The molecule has 0 spiro atoms. The Labute approximate surface area is 200 Å². The number of amides is 1. The van der Waals surface area contributed by atoms with E-state index in [-0.39, 0.29) is 22.7 Å². The van der Waals surface area contributed by atoms with Crippen LogP contribution in [-0.4, -0.2) is 33.6 Å². The molecule has 34 heavy (non-hydrogen) atoms. The van der Waals surface area contributed by atoms with Crippen molar-refractivity contribution in [2.45, 2.75) is 19.8 Å². The normalized spacial score (nSPS) is 14.5. The molecule has 1 saturated heterocycles. The SMILES string of the molecule is Cc1cc(N2CCC(C(=O)Nc3ccc(F)cc3Cl)CC2)n2nc(-c3ccc(F)cc3)cc2n1. The van der Waals surface area contributed by atoms with E-state index >= 15 is 0 Å². The van der Waals surface area contributed by atoms with Gasteiger partial charge in [-0.05, 0) is 62.2 Å². The van der Waals surface area contributed by atoms with Gasteiger partial charge in [0, 0.05) is 42.4 Å². The summed E-state index contributed by atoms with van der Waals surface area (Å²) >= 11 is 6.04. The lowest BCUT2D eigenvalue weighted by molar-refractivity contribution is -0.120. The zero-order chi connectivity index (χ0) is 23.8. The van der Waals surface area contributed by atoms with Gasteiger partial charge in [0.1, 0.15) is 17.5 Å². The molecule has 1 amide bonds. The van der Waals surface area contributed by atoms with Crippen LogP contribution in [0, 0.1) is 24.5 Å². The van der Waals surface area contributed by atoms with E-state index in [9.17, 15) is 13.6 Å². The molecule has 1 aliphatic heterocycles. The van der Waals surface area contributed by atoms with Crippen molar-refractivity contribution in [3.63, 3.8) is 0 Å². The van der Waals surface area contributed by atoms with Crippen LogP contribution in [0.4, 0.5) is 20.3 Å². The maximum atomic E-state index is 13.3. The fourth-order valence-corrected chi connectivity index (χ4v) is 4.48. The van der Waals surface area contributed by atoms with Gasteiger partial charge in [-0.15, -0.1) is 0 Å². The Hall–Kier alpha value is -3.52. The van der Waals surface area contributed by atoms with Gasteiger partial charge in [-0.1, -0.05) is 11.6 Å². The summed E-state index contributed by atoms with van der Waals surface area (Å²) in [5, 5.41) is 7.71. The molecular weight excluding hydrogens is 460 g/mol. The number of anilines is 2. The van der Waals surface area contributed by atoms with Gasteiger partial charge >= 0.3 is 0 Å². The van der Waals surface area contributed by atoms with Crippen molar-refractivity contribution in [1.29, 1.82) is 0 Å². The third kappa shape index (κ3) is 4.46. The molecule has 4 aromatic rings. The van der Waals surface area contributed by atoms with Gasteiger partial charge in [0.2, 0.25) is 5.91 Å². The van der Waals surface area contributed by atoms with Crippen LogP contribution in [0.15, 0.2) is 54.6 Å². The molecule has 174 valence electrons. The number of fused-ring (bicyclic) bond motifs is 1. The Morgan fingerprint density at radius 1 is 1.03 bits per heavy atom. The van der Waals surface area contributed by atoms with Crippen molar-refractivity contribution in [3.8, 4) is 11.3 Å². The van der Waals surface area contributed by atoms with Crippen molar-refractivity contribution in [1.82, 2.24) is 14.6 Å². The van der Waals surface area contributed by atoms with E-state index in [0.29, 0.717) is 43.0 Å². The van der Waals surface area contributed by atoms with Gasteiger partial charge in [-0.25, -0.2) is 13.8 Å². The number of carbonyl (C=O) groups excluding carboxylic acids is 1. The first-order valence-electron chi connectivity index (χ1n) is 11.0. The average molecular weight is 482 g/mol. The summed E-state index contributed by atoms with van der Waals surface area (Å²) in [6, 6.07) is 14.0. The highest BCUT2D eigenvalue weighted by atomic mass is 35.5. The summed E-state index contributed by atoms with van der Waals surface area (Å²) in [5.41, 5.74) is 3.50. The van der Waals surface area contributed by atoms with E-state index in [1.165, 1.54) is 30.3 Å². The Kier molecular flexibility index (Phi) is 5.91. The predicted octanol–water partition coefficient (Wildman–Crippen LogP) is 5.49. The molecule has 0 aliphatic carbocycles. The van der Waals surface area contributed by atoms with Crippen molar-refractivity contribution in [2.75, 3.05) is 23.3 Å². The van der Waals surface area contributed by atoms with Crippen LogP contribution in [-0.2, 0) is 4.79 Å². The second-order valence-corrected chi connectivity index (χ2v) is 8.84. The lowest BCUT2D eigenvalue weighted by atomic mass is 9.95. The third-order valence-electron chi connectivity index (χ3n) is 6.06. The number of nitrogens with zero attached hydrogens (tertiary/aromatic N) is 4. The van der Waals surface area contributed by atoms with E-state index in [4.69, 9.17) is 16.7 Å². The van der Waals surface area contributed by atoms with Crippen LogP contribution >= 0.6 is 11.6 Å². The van der Waals surface area contributed by atoms with Gasteiger partial charge in [0.05, 0.1) is 16.4 Å². The van der Waals surface area contributed by atoms with E-state index in [1.54, 1.807) is 16.6 Å². The smallest absolute Gasteiger partial charge is 0.227 e. The topological polar surface area (TPSA) is 62.5 Å². The average Bonchev–Trinajstić information content (AvgIpc) is 3.25. The van der Waals surface area contributed by atoms with Crippen molar-refractivity contribution in [3.05, 3.63) is 76.9 Å². The summed E-state index contributed by atoms with van der Waals surface area (Å²) < 4.78 is 28.4. The van der Waals surface area contributed by atoms with Crippen LogP contribution in [0.25, 0.3) is 16.9 Å². The highest BCUT2D eigenvalue weighted by molar-refractivity contribution is 6.33. The molecule has 0 saturated carbocycles. The van der Waals surface area contributed by atoms with Crippen LogP contribution in [0.2, 0.25) is 5.02 Å². The number of benzene rings is 2. The highest BCUT2D eigenvalue weighted by Gasteiger charge is 2.27. The van der Waals surface area contributed by atoms with Crippen LogP contribution < -0.4 is 10.2 Å². The molecule has 0 unspecified atom stereocenters. The number of aryl methyl sites for hydroxylation is 1. The molecule has 0 atom stereocenters. The molecular formula is C25H22ClF2N5O. The summed E-state index contributed by atoms with van der Waals surface area (Å²) in [6.07, 6.45) is 1.30. The molecule has 3 heterocycles. The summed E-state index contributed by atoms with van der Waals surface area (Å²) in [7, 11) is 0. The Morgan fingerprint density at radius 3 is 2.44 bits per heavy atom. The zero-order valence-electron chi connectivity index (χ0n) is 18.4. The first-order valence-corrected chi connectivity index (χ1v) is 11.4. The molecule has 1 fully saturated rings. The lowest BCUT2D eigenvalue weighted by Crippen LogP contribution is -2.39. The summed E-state index contributed by atoms with van der Waals surface area (Å²) in [6.45, 7) is 3.26. The Morgan fingerprint density at radius 2 is 1.74 bits per heavy atom. The largest absolute Gasteiger partial charge is 0.356 e. The second-order valence-electron chi connectivity index (χ2n) is 8.44. The molecule has 9 heteroatoms. The van der Waals surface area contributed by atoms with Crippen molar-refractivity contribution < 1.29 is 13.6 Å². The molecule has 2 aromatic heterocycles. The second kappa shape index (κ2) is 9.02. The van der Waals surface area contributed by atoms with Crippen LogP contribution in [0.3, 0.4) is 0 Å². The molecule has 6 nitrogen and oxygen atoms in total. The molecule has 1 aliphatic rings. The maximum Gasteiger partial charge on any atom is 0.227 e. The minimum Gasteiger partial charge on any atom is -0.356 e. The highest BCUT2D eigenvalue weighted by Crippen LogP contribution is 2.29. The minimum atomic E-state index is -0.448. The summed E-state index contributed by atoms with van der Waals surface area (Å²) in [5.74, 6) is -0.145. The van der Waals surface area contributed by atoms with E-state index in [2.05, 4.69) is 15.2 Å². The van der Waals surface area contributed by atoms with E-state index < -0.39 is 5.82 Å². The molecule has 5 rings (SSSR count). The van der Waals surface area contributed by atoms with Gasteiger partial charge < -0.3 is 10.2 Å². The van der Waals surface area contributed by atoms with Gasteiger partial charge in [-0.2, -0.15) is 9.61 Å². The quantitative estimate of drug-likeness (QED) is 0.418. The number of nitrogens with one attached hydrogen (secondary N) is 1. The molecule has 0 radical (unpaired) electrons. The molecule has 1 N–H and O–H groups in total. The first kappa shape index (κ1) is 22.3. The number of carbonyl (C=O) groups is 1. The van der Waals surface area contributed by atoms with E-state index in [0.717, 1.165) is 17.1 Å². The lowest BCUT2D eigenvalue weighted by Gasteiger charge is -2.33. The van der Waals surface area contributed by atoms with Crippen molar-refractivity contribution in [2.24, 2.45) is 5.92 Å². The number of hydrogen-bond acceptors (Lipinski definition) is 4. The number of aromatic nitrogens is 3. The van der Waals surface area contributed by atoms with Gasteiger partial charge in [0.25, 0.3) is 0 Å². The fourth-order valence-electron chi connectivity index (χ4n) is 4.26. The fraction of sp³-hybridized carbons (Fsp3) is 0.240. The Bertz CT molecular complexity index is 1360. The van der Waals surface area contributed by atoms with Gasteiger partial charge in [-0.3, -0.25) is 4.79 Å². The number of rotatable bonds is 4. The third-order valence-corrected chi connectivity index (χ3v) is 6.37. The predicted molar refractivity (Wildman–Crippen MR) is 128 cm³/mol. The van der Waals surface area contributed by atoms with E-state index in [1.807, 2.05) is 19.1 Å². The van der Waals surface area contributed by atoms with Crippen LogP contribution in [0.5, 0.6) is 0 Å². The number of piperidine rings is 1. The van der Waals surface area contributed by atoms with Gasteiger partial charge in [0.15, 0.2) is 5.65 Å². The number of hydrogen-bond donors (Lipinski definition) is 1. The van der Waals surface area contributed by atoms with Crippen molar-refractivity contribution >= 4 is 34.7 Å². The monoisotopic (exact) mass is 481 g/mol. The standard InChI is InChI=1S/C25H22ClF2N5O/c1-15-12-24(33-23(29-15)14-22(31-33)16-2-4-18(27)5-3-16)32-10-8-17(9-11-32)25(34)30-21-7-6-19(28)13-20(21)26/h2-7,12-14,17H,8-11H2,1H3,(H,30,34). The minimum absolute atomic E-state index is 0.123. The molecule has 2 aromatic carbocycles. The van der Waals surface area contributed by atoms with Crippen LogP contribution in [0.1, 0.15) is 18.5 Å². The maximum absolute atomic E-state index is 13.3.